The first kappa shape index (κ1) is 9.10. The van der Waals surface area contributed by atoms with E-state index >= 15 is 0 Å². The highest BCUT2D eigenvalue weighted by Gasteiger charge is 2.23. The van der Waals surface area contributed by atoms with Gasteiger partial charge in [-0.1, -0.05) is 13.3 Å². The Bertz CT molecular complexity index is 196. The highest BCUT2D eigenvalue weighted by atomic mass is 16.5. The Morgan fingerprint density at radius 2 is 2.50 bits per heavy atom. The summed E-state index contributed by atoms with van der Waals surface area (Å²) in [6.07, 6.45) is 4.34. The normalized spacial score (nSPS) is 27.2. The average molecular weight is 170 g/mol. The van der Waals surface area contributed by atoms with E-state index in [1.165, 1.54) is 0 Å². The second kappa shape index (κ2) is 4.14. The largest absolute Gasteiger partial charge is 0.515 e. The zero-order chi connectivity index (χ0) is 8.97. The molecule has 1 N–H and O–H groups in total. The highest BCUT2D eigenvalue weighted by Crippen LogP contribution is 2.21. The minimum atomic E-state index is -0.359. The molecule has 1 unspecified atom stereocenters. The molecule has 1 saturated heterocycles. The van der Waals surface area contributed by atoms with Gasteiger partial charge >= 0.3 is 5.97 Å². The number of esters is 1. The molecule has 1 heterocycles. The summed E-state index contributed by atoms with van der Waals surface area (Å²) >= 11 is 0. The Morgan fingerprint density at radius 1 is 1.75 bits per heavy atom. The van der Waals surface area contributed by atoms with Crippen LogP contribution in [0.4, 0.5) is 0 Å². The molecule has 1 aliphatic heterocycles. The van der Waals surface area contributed by atoms with Gasteiger partial charge in [-0.15, -0.1) is 0 Å². The first-order valence-corrected chi connectivity index (χ1v) is 4.32. The quantitative estimate of drug-likeness (QED) is 0.391. The summed E-state index contributed by atoms with van der Waals surface area (Å²) in [7, 11) is 0. The van der Waals surface area contributed by atoms with Crippen LogP contribution in [0.2, 0.25) is 0 Å². The number of hydrogen-bond acceptors (Lipinski definition) is 3. The molecule has 0 radical (unpaired) electrons. The van der Waals surface area contributed by atoms with Crippen molar-refractivity contribution in [2.24, 2.45) is 0 Å². The van der Waals surface area contributed by atoms with Crippen LogP contribution in [0, 0.1) is 0 Å². The summed E-state index contributed by atoms with van der Waals surface area (Å²) in [5.74, 6) is -0.359. The zero-order valence-electron chi connectivity index (χ0n) is 7.25. The molecule has 0 aromatic heterocycles. The van der Waals surface area contributed by atoms with Gasteiger partial charge in [0.15, 0.2) is 0 Å². The molecule has 0 aromatic rings. The van der Waals surface area contributed by atoms with Crippen LogP contribution in [-0.2, 0) is 9.53 Å². The number of rotatable bonds is 2. The molecular weight excluding hydrogens is 156 g/mol. The van der Waals surface area contributed by atoms with Crippen molar-refractivity contribution in [3.05, 3.63) is 11.8 Å². The number of aliphatic hydroxyl groups is 1. The van der Waals surface area contributed by atoms with E-state index in [9.17, 15) is 4.79 Å². The van der Waals surface area contributed by atoms with Crippen molar-refractivity contribution in [3.8, 4) is 0 Å². The number of carbonyl (C=O) groups excluding carboxylic acids is 1. The highest BCUT2D eigenvalue weighted by molar-refractivity contribution is 5.88. The second-order valence-corrected chi connectivity index (χ2v) is 3.01. The lowest BCUT2D eigenvalue weighted by molar-refractivity contribution is -0.148. The van der Waals surface area contributed by atoms with E-state index < -0.39 is 0 Å². The third kappa shape index (κ3) is 2.00. The summed E-state index contributed by atoms with van der Waals surface area (Å²) in [6, 6.07) is 0. The zero-order valence-corrected chi connectivity index (χ0v) is 7.25. The number of hydrogen-bond donors (Lipinski definition) is 1. The maximum atomic E-state index is 11.1. The van der Waals surface area contributed by atoms with Crippen LogP contribution in [-0.4, -0.2) is 17.2 Å². The maximum Gasteiger partial charge on any atom is 0.337 e. The third-order valence-electron chi connectivity index (χ3n) is 2.04. The molecule has 3 nitrogen and oxygen atoms in total. The van der Waals surface area contributed by atoms with E-state index in [-0.39, 0.29) is 12.1 Å². The molecule has 1 aliphatic rings. The molecular formula is C9H14O3. The lowest BCUT2D eigenvalue weighted by Crippen LogP contribution is -2.25. The van der Waals surface area contributed by atoms with E-state index in [0.29, 0.717) is 12.0 Å². The molecule has 1 atom stereocenters. The van der Waals surface area contributed by atoms with Crippen molar-refractivity contribution in [2.75, 3.05) is 0 Å². The van der Waals surface area contributed by atoms with Gasteiger partial charge in [0.05, 0.1) is 11.8 Å². The Balaban J connectivity index is 2.46. The predicted molar refractivity (Wildman–Crippen MR) is 44.7 cm³/mol. The summed E-state index contributed by atoms with van der Waals surface area (Å²) < 4.78 is 5.06. The lowest BCUT2D eigenvalue weighted by atomic mass is 10.0. The van der Waals surface area contributed by atoms with Crippen molar-refractivity contribution < 1.29 is 14.6 Å². The van der Waals surface area contributed by atoms with Crippen molar-refractivity contribution in [1.29, 1.82) is 0 Å². The van der Waals surface area contributed by atoms with Gasteiger partial charge in [0.25, 0.3) is 0 Å². The molecule has 0 aromatic carbocycles. The van der Waals surface area contributed by atoms with Crippen LogP contribution in [0.3, 0.4) is 0 Å². The van der Waals surface area contributed by atoms with Gasteiger partial charge in [-0.05, 0) is 19.3 Å². The monoisotopic (exact) mass is 170 g/mol. The minimum Gasteiger partial charge on any atom is -0.515 e. The molecule has 0 amide bonds. The molecule has 1 rings (SSSR count). The van der Waals surface area contributed by atoms with Gasteiger partial charge in [0.2, 0.25) is 0 Å². The van der Waals surface area contributed by atoms with Crippen LogP contribution in [0.1, 0.15) is 32.6 Å². The van der Waals surface area contributed by atoms with E-state index in [0.717, 1.165) is 25.5 Å². The Kier molecular flexibility index (Phi) is 3.14. The van der Waals surface area contributed by atoms with Crippen molar-refractivity contribution in [1.82, 2.24) is 0 Å². The lowest BCUT2D eigenvalue weighted by Gasteiger charge is -2.22. The summed E-state index contributed by atoms with van der Waals surface area (Å²) in [5.41, 5.74) is 0.391. The number of cyclic esters (lactones) is 1. The Morgan fingerprint density at radius 3 is 3.00 bits per heavy atom. The van der Waals surface area contributed by atoms with Gasteiger partial charge in [0.1, 0.15) is 6.10 Å². The summed E-state index contributed by atoms with van der Waals surface area (Å²) in [6.45, 7) is 2.06. The van der Waals surface area contributed by atoms with Gasteiger partial charge in [-0.25, -0.2) is 4.79 Å². The molecule has 0 saturated carbocycles. The van der Waals surface area contributed by atoms with E-state index in [1.807, 2.05) is 0 Å². The average Bonchev–Trinajstić information content (AvgIpc) is 2.05. The third-order valence-corrected chi connectivity index (χ3v) is 2.04. The smallest absolute Gasteiger partial charge is 0.337 e. The van der Waals surface area contributed by atoms with E-state index in [1.54, 1.807) is 0 Å². The number of aliphatic hydroxyl groups excluding tert-OH is 1. The first-order chi connectivity index (χ1) is 5.77. The van der Waals surface area contributed by atoms with Crippen LogP contribution < -0.4 is 0 Å². The van der Waals surface area contributed by atoms with Crippen LogP contribution in [0.25, 0.3) is 0 Å². The molecule has 68 valence electrons. The van der Waals surface area contributed by atoms with E-state index in [2.05, 4.69) is 6.92 Å². The topological polar surface area (TPSA) is 46.5 Å². The summed E-state index contributed by atoms with van der Waals surface area (Å²) in [5, 5.41) is 8.61. The van der Waals surface area contributed by atoms with Crippen molar-refractivity contribution in [3.63, 3.8) is 0 Å². The molecule has 0 spiro atoms. The molecule has 1 fully saturated rings. The van der Waals surface area contributed by atoms with Crippen LogP contribution in [0.15, 0.2) is 11.8 Å². The fraction of sp³-hybridized carbons (Fsp3) is 0.667. The standard InChI is InChI=1S/C9H14O3/c1-2-3-8-5-4-7(6-10)9(11)12-8/h6,8,10H,2-5H2,1H3. The maximum absolute atomic E-state index is 11.1. The SMILES string of the molecule is CCCC1CCC(=CO)C(=O)O1. The Hall–Kier alpha value is -0.990. The Labute approximate surface area is 72.0 Å². The van der Waals surface area contributed by atoms with Crippen LogP contribution >= 0.6 is 0 Å². The molecule has 12 heavy (non-hydrogen) atoms. The number of ether oxygens (including phenoxy) is 1. The van der Waals surface area contributed by atoms with Gasteiger partial charge in [-0.3, -0.25) is 0 Å². The fourth-order valence-electron chi connectivity index (χ4n) is 1.35. The van der Waals surface area contributed by atoms with E-state index in [4.69, 9.17) is 9.84 Å². The second-order valence-electron chi connectivity index (χ2n) is 3.01. The van der Waals surface area contributed by atoms with Crippen molar-refractivity contribution in [2.45, 2.75) is 38.7 Å². The fourth-order valence-corrected chi connectivity index (χ4v) is 1.35. The predicted octanol–water partition coefficient (Wildman–Crippen LogP) is 1.93. The number of carbonyl (C=O) groups is 1. The molecule has 0 bridgehead atoms. The minimum absolute atomic E-state index is 0.0613. The summed E-state index contributed by atoms with van der Waals surface area (Å²) in [4.78, 5) is 11.1. The molecule has 3 heteroatoms. The molecule has 0 aliphatic carbocycles. The van der Waals surface area contributed by atoms with Gasteiger partial charge < -0.3 is 9.84 Å². The van der Waals surface area contributed by atoms with Crippen molar-refractivity contribution >= 4 is 5.97 Å². The van der Waals surface area contributed by atoms with Gasteiger partial charge in [0, 0.05) is 0 Å². The van der Waals surface area contributed by atoms with Gasteiger partial charge in [-0.2, -0.15) is 0 Å². The first-order valence-electron chi connectivity index (χ1n) is 4.32. The van der Waals surface area contributed by atoms with Crippen LogP contribution in [0.5, 0.6) is 0 Å².